The average molecular weight is 427 g/mol. The number of anilines is 1. The van der Waals surface area contributed by atoms with Crippen molar-refractivity contribution in [2.45, 2.75) is 45.4 Å². The minimum atomic E-state index is -0.345. The molecule has 2 N–H and O–H groups in total. The first-order valence-corrected chi connectivity index (χ1v) is 10.2. The van der Waals surface area contributed by atoms with E-state index in [-0.39, 0.29) is 23.8 Å². The summed E-state index contributed by atoms with van der Waals surface area (Å²) in [5.41, 5.74) is 2.26. The molecule has 1 fully saturated rings. The lowest BCUT2D eigenvalue weighted by Crippen LogP contribution is -2.20. The maximum absolute atomic E-state index is 13.2. The van der Waals surface area contributed by atoms with Gasteiger partial charge in [0, 0.05) is 17.9 Å². The predicted molar refractivity (Wildman–Crippen MR) is 113 cm³/mol. The number of halogens is 1. The Bertz CT molecular complexity index is 1060. The lowest BCUT2D eigenvalue weighted by atomic mass is 10.1. The third-order valence-corrected chi connectivity index (χ3v) is 5.65. The normalized spacial score (nSPS) is 21.0. The lowest BCUT2D eigenvalue weighted by Gasteiger charge is -2.14. The Labute approximate surface area is 179 Å². The van der Waals surface area contributed by atoms with E-state index >= 15 is 0 Å². The van der Waals surface area contributed by atoms with Crippen LogP contribution in [0.1, 0.15) is 47.2 Å². The fourth-order valence-electron chi connectivity index (χ4n) is 3.76. The van der Waals surface area contributed by atoms with E-state index in [2.05, 4.69) is 25.4 Å². The Morgan fingerprint density at radius 3 is 2.93 bits per heavy atom. The smallest absolute Gasteiger partial charge is 0.218 e. The largest absolute Gasteiger partial charge is 0.393 e. The number of rotatable bonds is 6. The van der Waals surface area contributed by atoms with Crippen molar-refractivity contribution in [3.63, 3.8) is 0 Å². The third-order valence-electron chi connectivity index (χ3n) is 5.44. The molecule has 0 bridgehead atoms. The van der Waals surface area contributed by atoms with Gasteiger partial charge in [-0.15, -0.1) is 0 Å². The molecule has 9 heteroatoms. The van der Waals surface area contributed by atoms with E-state index in [0.717, 1.165) is 17.8 Å². The Balaban J connectivity index is 1.55. The first kappa shape index (κ1) is 20.4. The molecule has 1 aliphatic rings. The monoisotopic (exact) mass is 426 g/mol. The topological polar surface area (TPSA) is 106 Å². The first-order valence-electron chi connectivity index (χ1n) is 9.86. The molecular formula is C21H23ClN6O2. The van der Waals surface area contributed by atoms with Gasteiger partial charge in [0.15, 0.2) is 0 Å². The second-order valence-electron chi connectivity index (χ2n) is 7.75. The van der Waals surface area contributed by atoms with Crippen molar-refractivity contribution in [1.29, 1.82) is 0 Å². The molecule has 3 aromatic rings. The molecule has 4 rings (SSSR count). The molecule has 0 amide bonds. The molecule has 0 radical (unpaired) electrons. The summed E-state index contributed by atoms with van der Waals surface area (Å²) in [6.45, 7) is 4.31. The van der Waals surface area contributed by atoms with Gasteiger partial charge >= 0.3 is 0 Å². The van der Waals surface area contributed by atoms with Gasteiger partial charge in [-0.1, -0.05) is 24.6 Å². The van der Waals surface area contributed by atoms with Crippen molar-refractivity contribution in [1.82, 2.24) is 24.7 Å². The molecule has 0 saturated heterocycles. The quantitative estimate of drug-likeness (QED) is 0.461. The number of aliphatic hydroxyl groups excluding tert-OH is 1. The molecular weight excluding hydrogens is 404 g/mol. The van der Waals surface area contributed by atoms with Crippen molar-refractivity contribution < 1.29 is 9.90 Å². The molecule has 3 atom stereocenters. The number of carbonyl (C=O) groups is 1. The van der Waals surface area contributed by atoms with E-state index in [9.17, 15) is 9.90 Å². The second-order valence-corrected chi connectivity index (χ2v) is 8.14. The zero-order valence-corrected chi connectivity index (χ0v) is 17.5. The molecule has 0 spiro atoms. The molecule has 1 aliphatic carbocycles. The van der Waals surface area contributed by atoms with Crippen molar-refractivity contribution in [2.75, 3.05) is 5.32 Å². The Hall–Kier alpha value is -2.84. The number of carbonyl (C=O) groups excluding carboxylic acids is 1. The molecule has 30 heavy (non-hydrogen) atoms. The van der Waals surface area contributed by atoms with Gasteiger partial charge in [0.05, 0.1) is 23.9 Å². The van der Waals surface area contributed by atoms with Crippen LogP contribution < -0.4 is 5.32 Å². The number of hydrogen-bond donors (Lipinski definition) is 2. The summed E-state index contributed by atoms with van der Waals surface area (Å²) in [6.07, 6.45) is 4.00. The maximum Gasteiger partial charge on any atom is 0.218 e. The Morgan fingerprint density at radius 1 is 1.37 bits per heavy atom. The van der Waals surface area contributed by atoms with Crippen LogP contribution >= 0.6 is 11.6 Å². The highest BCUT2D eigenvalue weighted by Crippen LogP contribution is 2.28. The third kappa shape index (κ3) is 4.34. The zero-order chi connectivity index (χ0) is 21.3. The fraction of sp³-hybridized carbons (Fsp3) is 0.381. The van der Waals surface area contributed by atoms with Crippen molar-refractivity contribution in [3.8, 4) is 0 Å². The van der Waals surface area contributed by atoms with E-state index < -0.39 is 0 Å². The van der Waals surface area contributed by atoms with Gasteiger partial charge in [-0.05, 0) is 43.9 Å². The maximum atomic E-state index is 13.2. The van der Waals surface area contributed by atoms with Gasteiger partial charge in [0.25, 0.3) is 0 Å². The van der Waals surface area contributed by atoms with Gasteiger partial charge in [0.1, 0.15) is 23.0 Å². The molecule has 0 aliphatic heterocycles. The van der Waals surface area contributed by atoms with E-state index in [0.29, 0.717) is 35.2 Å². The molecule has 3 heterocycles. The van der Waals surface area contributed by atoms with Gasteiger partial charge in [-0.2, -0.15) is 5.10 Å². The summed E-state index contributed by atoms with van der Waals surface area (Å²) in [6, 6.07) is 7.20. The number of nitrogens with one attached hydrogen (secondary N) is 1. The molecule has 1 saturated carbocycles. The standard InChI is InChI=1S/C21H23ClN6O2/c1-12-6-15(8-18(12)29)26-21-16(9-23-11-24-21)20(30)17-7-13(2)28(27-17)10-14-4-3-5-19(22)25-14/h3-5,7,9,11-12,15,18,29H,6,8,10H2,1-2H3,(H,23,24,26)/t12-,15-,18+/m1/s1. The average Bonchev–Trinajstić information content (AvgIpc) is 3.23. The van der Waals surface area contributed by atoms with Crippen molar-refractivity contribution in [3.05, 3.63) is 64.6 Å². The number of aliphatic hydroxyl groups is 1. The van der Waals surface area contributed by atoms with Crippen LogP contribution in [0.3, 0.4) is 0 Å². The van der Waals surface area contributed by atoms with Crippen LogP contribution in [0.5, 0.6) is 0 Å². The lowest BCUT2D eigenvalue weighted by molar-refractivity contribution is 0.103. The number of hydrogen-bond acceptors (Lipinski definition) is 7. The summed E-state index contributed by atoms with van der Waals surface area (Å²) < 4.78 is 1.72. The van der Waals surface area contributed by atoms with Gasteiger partial charge in [-0.3, -0.25) is 9.48 Å². The van der Waals surface area contributed by atoms with Crippen LogP contribution in [-0.4, -0.2) is 47.8 Å². The van der Waals surface area contributed by atoms with Crippen LogP contribution in [0.15, 0.2) is 36.8 Å². The number of pyridine rings is 1. The highest BCUT2D eigenvalue weighted by atomic mass is 35.5. The first-order chi connectivity index (χ1) is 14.4. The summed E-state index contributed by atoms with van der Waals surface area (Å²) >= 11 is 5.96. The highest BCUT2D eigenvalue weighted by Gasteiger charge is 2.31. The molecule has 3 aromatic heterocycles. The minimum Gasteiger partial charge on any atom is -0.393 e. The number of nitrogens with zero attached hydrogens (tertiary/aromatic N) is 5. The Kier molecular flexibility index (Phi) is 5.78. The second kappa shape index (κ2) is 8.49. The fourth-order valence-corrected chi connectivity index (χ4v) is 3.94. The van der Waals surface area contributed by atoms with E-state index in [1.54, 1.807) is 16.8 Å². The van der Waals surface area contributed by atoms with Crippen molar-refractivity contribution in [2.24, 2.45) is 5.92 Å². The zero-order valence-electron chi connectivity index (χ0n) is 16.8. The highest BCUT2D eigenvalue weighted by molar-refractivity contribution is 6.29. The van der Waals surface area contributed by atoms with E-state index in [1.165, 1.54) is 12.5 Å². The molecule has 0 aromatic carbocycles. The van der Waals surface area contributed by atoms with E-state index in [1.807, 2.05) is 26.0 Å². The number of aryl methyl sites for hydroxylation is 1. The summed E-state index contributed by atoms with van der Waals surface area (Å²) in [7, 11) is 0. The van der Waals surface area contributed by atoms with Gasteiger partial charge in [-0.25, -0.2) is 15.0 Å². The molecule has 156 valence electrons. The SMILES string of the molecule is Cc1cc(C(=O)c2cncnc2N[C@@H]2C[C@@H](C)[C@@H](O)C2)nn1Cc1cccc(Cl)n1. The van der Waals surface area contributed by atoms with Gasteiger partial charge < -0.3 is 10.4 Å². The summed E-state index contributed by atoms with van der Waals surface area (Å²) in [5.74, 6) is 0.414. The van der Waals surface area contributed by atoms with Crippen LogP contribution in [0.2, 0.25) is 5.15 Å². The van der Waals surface area contributed by atoms with Crippen LogP contribution in [0, 0.1) is 12.8 Å². The van der Waals surface area contributed by atoms with E-state index in [4.69, 9.17) is 11.6 Å². The van der Waals surface area contributed by atoms with Crippen LogP contribution in [-0.2, 0) is 6.54 Å². The number of ketones is 1. The van der Waals surface area contributed by atoms with Crippen LogP contribution in [0.25, 0.3) is 0 Å². The molecule has 8 nitrogen and oxygen atoms in total. The summed E-state index contributed by atoms with van der Waals surface area (Å²) in [4.78, 5) is 25.7. The van der Waals surface area contributed by atoms with Crippen molar-refractivity contribution >= 4 is 23.2 Å². The van der Waals surface area contributed by atoms with Gasteiger partial charge in [0.2, 0.25) is 5.78 Å². The summed E-state index contributed by atoms with van der Waals surface area (Å²) in [5, 5.41) is 18.2. The number of aromatic nitrogens is 5. The van der Waals surface area contributed by atoms with Crippen LogP contribution in [0.4, 0.5) is 5.82 Å². The molecule has 0 unspecified atom stereocenters. The predicted octanol–water partition coefficient (Wildman–Crippen LogP) is 2.88. The minimum absolute atomic E-state index is 0.0599. The Morgan fingerprint density at radius 2 is 2.20 bits per heavy atom.